The predicted molar refractivity (Wildman–Crippen MR) is 118 cm³/mol. The predicted octanol–water partition coefficient (Wildman–Crippen LogP) is 5.41. The van der Waals surface area contributed by atoms with Crippen LogP contribution in [0.4, 0.5) is 5.69 Å². The third-order valence-corrected chi connectivity index (χ3v) is 5.86. The molecule has 0 unspecified atom stereocenters. The Hall–Kier alpha value is -2.24. The van der Waals surface area contributed by atoms with Gasteiger partial charge in [0.1, 0.15) is 0 Å². The molecule has 0 aliphatic carbocycles. The van der Waals surface area contributed by atoms with Crippen molar-refractivity contribution in [3.05, 3.63) is 69.8 Å². The number of likely N-dealkylation sites (tertiary alicyclic amines) is 1. The minimum atomic E-state index is -0.104. The van der Waals surface area contributed by atoms with Gasteiger partial charge in [-0.2, -0.15) is 0 Å². The molecule has 1 fully saturated rings. The Labute approximate surface area is 174 Å². The van der Waals surface area contributed by atoms with Gasteiger partial charge in [-0.05, 0) is 74.3 Å². The number of carbonyl (C=O) groups excluding carboxylic acids is 1. The molecule has 2 aromatic carbocycles. The first-order valence-electron chi connectivity index (χ1n) is 9.84. The van der Waals surface area contributed by atoms with Crippen molar-refractivity contribution in [2.75, 3.05) is 18.4 Å². The Morgan fingerprint density at radius 2 is 1.89 bits per heavy atom. The standard InChI is InChI=1S/C23H24BrN3O/c1-2-20-21(26-23(28)17-5-8-19(24)9-6-17)10-7-18-13-16(14-25-22(18)20)15-27-11-3-4-12-27/h5-10,13-14H,2-4,11-12,15H2,1H3,(H,26,28). The van der Waals surface area contributed by atoms with Gasteiger partial charge in [0.25, 0.3) is 5.91 Å². The summed E-state index contributed by atoms with van der Waals surface area (Å²) in [5, 5.41) is 4.19. The number of hydrogen-bond donors (Lipinski definition) is 1. The van der Waals surface area contributed by atoms with Gasteiger partial charge in [-0.1, -0.05) is 28.9 Å². The van der Waals surface area contributed by atoms with Crippen molar-refractivity contribution in [1.82, 2.24) is 9.88 Å². The van der Waals surface area contributed by atoms with E-state index in [1.165, 1.54) is 31.5 Å². The molecule has 4 nitrogen and oxygen atoms in total. The summed E-state index contributed by atoms with van der Waals surface area (Å²) in [5.74, 6) is -0.104. The molecule has 1 aliphatic heterocycles. The lowest BCUT2D eigenvalue weighted by atomic mass is 10.0. The zero-order valence-corrected chi connectivity index (χ0v) is 17.6. The van der Waals surface area contributed by atoms with Gasteiger partial charge in [0.15, 0.2) is 0 Å². The lowest BCUT2D eigenvalue weighted by molar-refractivity contribution is 0.102. The summed E-state index contributed by atoms with van der Waals surface area (Å²) >= 11 is 3.40. The molecule has 0 radical (unpaired) electrons. The summed E-state index contributed by atoms with van der Waals surface area (Å²) < 4.78 is 0.956. The first kappa shape index (κ1) is 19.1. The number of hydrogen-bond acceptors (Lipinski definition) is 3. The summed E-state index contributed by atoms with van der Waals surface area (Å²) in [7, 11) is 0. The summed E-state index contributed by atoms with van der Waals surface area (Å²) in [4.78, 5) is 19.9. The van der Waals surface area contributed by atoms with Crippen LogP contribution >= 0.6 is 15.9 Å². The van der Waals surface area contributed by atoms with Crippen LogP contribution in [0.3, 0.4) is 0 Å². The molecule has 0 spiro atoms. The molecule has 1 saturated heterocycles. The molecule has 5 heteroatoms. The molecule has 144 valence electrons. The molecule has 1 amide bonds. The molecule has 1 N–H and O–H groups in total. The average molecular weight is 438 g/mol. The van der Waals surface area contributed by atoms with Crippen LogP contribution in [-0.2, 0) is 13.0 Å². The fourth-order valence-electron chi connectivity index (χ4n) is 3.86. The number of aromatic nitrogens is 1. The largest absolute Gasteiger partial charge is 0.322 e. The minimum Gasteiger partial charge on any atom is -0.322 e. The maximum absolute atomic E-state index is 12.6. The van der Waals surface area contributed by atoms with Crippen LogP contribution in [0.15, 0.2) is 53.1 Å². The molecule has 0 atom stereocenters. The number of aryl methyl sites for hydroxylation is 1. The lowest BCUT2D eigenvalue weighted by Crippen LogP contribution is -2.18. The van der Waals surface area contributed by atoms with Crippen LogP contribution in [0.2, 0.25) is 0 Å². The quantitative estimate of drug-likeness (QED) is 0.580. The van der Waals surface area contributed by atoms with Gasteiger partial charge in [0.05, 0.1) is 5.52 Å². The Morgan fingerprint density at radius 3 is 2.61 bits per heavy atom. The lowest BCUT2D eigenvalue weighted by Gasteiger charge is -2.16. The van der Waals surface area contributed by atoms with Crippen LogP contribution in [0.25, 0.3) is 10.9 Å². The SMILES string of the molecule is CCc1c(NC(=O)c2ccc(Br)cc2)ccc2cc(CN3CCCC3)cnc12. The van der Waals surface area contributed by atoms with Crippen molar-refractivity contribution < 1.29 is 4.79 Å². The van der Waals surface area contributed by atoms with Crippen LogP contribution in [0.5, 0.6) is 0 Å². The third-order valence-electron chi connectivity index (χ3n) is 5.33. The number of rotatable bonds is 5. The zero-order chi connectivity index (χ0) is 19.5. The van der Waals surface area contributed by atoms with E-state index in [2.05, 4.69) is 45.2 Å². The molecule has 28 heavy (non-hydrogen) atoms. The van der Waals surface area contributed by atoms with E-state index >= 15 is 0 Å². The van der Waals surface area contributed by atoms with Gasteiger partial charge < -0.3 is 5.32 Å². The van der Waals surface area contributed by atoms with Crippen molar-refractivity contribution in [3.63, 3.8) is 0 Å². The van der Waals surface area contributed by atoms with E-state index in [4.69, 9.17) is 4.98 Å². The number of carbonyl (C=O) groups is 1. The second-order valence-electron chi connectivity index (χ2n) is 7.30. The van der Waals surface area contributed by atoms with Crippen molar-refractivity contribution >= 4 is 38.4 Å². The van der Waals surface area contributed by atoms with Gasteiger partial charge in [-0.25, -0.2) is 0 Å². The summed E-state index contributed by atoms with van der Waals surface area (Å²) in [6, 6.07) is 13.7. The smallest absolute Gasteiger partial charge is 0.255 e. The van der Waals surface area contributed by atoms with Gasteiger partial charge in [0, 0.05) is 39.4 Å². The van der Waals surface area contributed by atoms with E-state index in [1.54, 1.807) is 0 Å². The Bertz CT molecular complexity index is 995. The van der Waals surface area contributed by atoms with Crippen molar-refractivity contribution in [3.8, 4) is 0 Å². The van der Waals surface area contributed by atoms with Crippen LogP contribution < -0.4 is 5.32 Å². The number of halogens is 1. The normalized spacial score (nSPS) is 14.5. The van der Waals surface area contributed by atoms with Gasteiger partial charge in [-0.3, -0.25) is 14.7 Å². The number of fused-ring (bicyclic) bond motifs is 1. The fraction of sp³-hybridized carbons (Fsp3) is 0.304. The Morgan fingerprint density at radius 1 is 1.14 bits per heavy atom. The number of pyridine rings is 1. The zero-order valence-electron chi connectivity index (χ0n) is 16.0. The highest BCUT2D eigenvalue weighted by Gasteiger charge is 2.15. The van der Waals surface area contributed by atoms with E-state index in [-0.39, 0.29) is 5.91 Å². The van der Waals surface area contributed by atoms with E-state index in [0.29, 0.717) is 5.56 Å². The van der Waals surface area contributed by atoms with Gasteiger partial charge in [0.2, 0.25) is 0 Å². The third kappa shape index (κ3) is 4.10. The first-order valence-corrected chi connectivity index (χ1v) is 10.6. The first-order chi connectivity index (χ1) is 13.6. The number of nitrogens with one attached hydrogen (secondary N) is 1. The molecular weight excluding hydrogens is 414 g/mol. The minimum absolute atomic E-state index is 0.104. The summed E-state index contributed by atoms with van der Waals surface area (Å²) in [5.41, 5.74) is 4.78. The monoisotopic (exact) mass is 437 g/mol. The van der Waals surface area contributed by atoms with Crippen molar-refractivity contribution in [1.29, 1.82) is 0 Å². The number of nitrogens with zero attached hydrogens (tertiary/aromatic N) is 2. The summed E-state index contributed by atoms with van der Waals surface area (Å²) in [6.45, 7) is 5.43. The topological polar surface area (TPSA) is 45.2 Å². The molecule has 4 rings (SSSR count). The highest BCUT2D eigenvalue weighted by atomic mass is 79.9. The van der Waals surface area contributed by atoms with Crippen LogP contribution in [-0.4, -0.2) is 28.9 Å². The Kier molecular flexibility index (Phi) is 5.74. The Balaban J connectivity index is 1.60. The molecular formula is C23H24BrN3O. The van der Waals surface area contributed by atoms with E-state index in [9.17, 15) is 4.79 Å². The van der Waals surface area contributed by atoms with Crippen LogP contribution in [0.1, 0.15) is 41.3 Å². The molecule has 0 saturated carbocycles. The number of anilines is 1. The van der Waals surface area contributed by atoms with Gasteiger partial charge >= 0.3 is 0 Å². The molecule has 3 aromatic rings. The molecule has 0 bridgehead atoms. The average Bonchev–Trinajstić information content (AvgIpc) is 3.21. The highest BCUT2D eigenvalue weighted by Crippen LogP contribution is 2.27. The molecule has 2 heterocycles. The van der Waals surface area contributed by atoms with E-state index in [0.717, 1.165) is 39.6 Å². The van der Waals surface area contributed by atoms with E-state index < -0.39 is 0 Å². The van der Waals surface area contributed by atoms with E-state index in [1.807, 2.05) is 36.5 Å². The highest BCUT2D eigenvalue weighted by molar-refractivity contribution is 9.10. The van der Waals surface area contributed by atoms with Gasteiger partial charge in [-0.15, -0.1) is 0 Å². The fourth-order valence-corrected chi connectivity index (χ4v) is 4.13. The second kappa shape index (κ2) is 8.41. The van der Waals surface area contributed by atoms with Crippen LogP contribution in [0, 0.1) is 0 Å². The second-order valence-corrected chi connectivity index (χ2v) is 8.22. The summed E-state index contributed by atoms with van der Waals surface area (Å²) in [6.07, 6.45) is 5.39. The maximum Gasteiger partial charge on any atom is 0.255 e. The number of benzene rings is 2. The molecule has 1 aromatic heterocycles. The molecule has 1 aliphatic rings. The van der Waals surface area contributed by atoms with Crippen molar-refractivity contribution in [2.24, 2.45) is 0 Å². The number of amides is 1. The van der Waals surface area contributed by atoms with Crippen molar-refractivity contribution in [2.45, 2.75) is 32.7 Å². The maximum atomic E-state index is 12.6.